The zero-order valence-corrected chi connectivity index (χ0v) is 5.29. The average molecular weight is 129 g/mol. The van der Waals surface area contributed by atoms with Crippen molar-refractivity contribution in [2.75, 3.05) is 20.3 Å². The monoisotopic (exact) mass is 129 g/mol. The molecule has 1 radical (unpaired) electrons. The molecule has 9 heavy (non-hydrogen) atoms. The van der Waals surface area contributed by atoms with Crippen LogP contribution in [0.5, 0.6) is 0 Å². The summed E-state index contributed by atoms with van der Waals surface area (Å²) in [5.74, 6) is -0.521. The van der Waals surface area contributed by atoms with Crippen molar-refractivity contribution in [3.63, 3.8) is 0 Å². The van der Waals surface area contributed by atoms with E-state index in [2.05, 4.69) is 9.47 Å². The second-order valence-corrected chi connectivity index (χ2v) is 1.33. The van der Waals surface area contributed by atoms with Crippen LogP contribution < -0.4 is 0 Å². The number of ether oxygens (including phenoxy) is 2. The molecule has 0 bridgehead atoms. The third-order valence-corrected chi connectivity index (χ3v) is 0.668. The van der Waals surface area contributed by atoms with Crippen LogP contribution in [0.3, 0.4) is 0 Å². The molecule has 0 aromatic rings. The number of carbonyl (C=O) groups excluding carboxylic acids is 1. The van der Waals surface area contributed by atoms with Crippen molar-refractivity contribution in [2.24, 2.45) is 0 Å². The molecule has 3 heteroatoms. The fourth-order valence-electron chi connectivity index (χ4n) is 0.274. The van der Waals surface area contributed by atoms with Crippen molar-refractivity contribution in [2.45, 2.75) is 0 Å². The summed E-state index contributed by atoms with van der Waals surface area (Å²) in [5, 5.41) is 0. The summed E-state index contributed by atoms with van der Waals surface area (Å²) in [6.07, 6.45) is 0.871. The van der Waals surface area contributed by atoms with Crippen LogP contribution in [0.4, 0.5) is 0 Å². The zero-order chi connectivity index (χ0) is 7.11. The Labute approximate surface area is 54.3 Å². The number of carbonyl (C=O) groups is 1. The molecule has 0 spiro atoms. The van der Waals surface area contributed by atoms with Crippen molar-refractivity contribution < 1.29 is 14.3 Å². The Hall–Kier alpha value is -0.830. The third-order valence-electron chi connectivity index (χ3n) is 0.668. The SMILES string of the molecule is [CH]=CC(=O)OCCOC. The van der Waals surface area contributed by atoms with Crippen molar-refractivity contribution in [3.8, 4) is 0 Å². The van der Waals surface area contributed by atoms with E-state index in [1.165, 1.54) is 7.11 Å². The second kappa shape index (κ2) is 5.31. The Bertz CT molecular complexity index is 98.5. The molecule has 0 unspecified atom stereocenters. The number of rotatable bonds is 4. The van der Waals surface area contributed by atoms with Gasteiger partial charge in [-0.1, -0.05) is 6.58 Å². The van der Waals surface area contributed by atoms with E-state index in [1.807, 2.05) is 0 Å². The summed E-state index contributed by atoms with van der Waals surface area (Å²) < 4.78 is 9.09. The molecule has 0 aromatic heterocycles. The first-order valence-corrected chi connectivity index (χ1v) is 2.52. The molecule has 0 aromatic carbocycles. The molecule has 0 aliphatic rings. The van der Waals surface area contributed by atoms with Gasteiger partial charge in [0.2, 0.25) is 0 Å². The normalized spacial score (nSPS) is 8.56. The molecule has 0 heterocycles. The van der Waals surface area contributed by atoms with Gasteiger partial charge < -0.3 is 9.47 Å². The molecule has 0 atom stereocenters. The maximum Gasteiger partial charge on any atom is 0.330 e. The van der Waals surface area contributed by atoms with E-state index in [-0.39, 0.29) is 6.61 Å². The summed E-state index contributed by atoms with van der Waals surface area (Å²) in [6.45, 7) is 5.47. The molecule has 0 rings (SSSR count). The number of esters is 1. The zero-order valence-electron chi connectivity index (χ0n) is 5.29. The maximum atomic E-state index is 10.2. The maximum absolute atomic E-state index is 10.2. The Balaban J connectivity index is 3.07. The van der Waals surface area contributed by atoms with E-state index in [1.54, 1.807) is 0 Å². The quantitative estimate of drug-likeness (QED) is 0.308. The van der Waals surface area contributed by atoms with Crippen LogP contribution in [0.15, 0.2) is 6.08 Å². The van der Waals surface area contributed by atoms with Crippen LogP contribution in [-0.2, 0) is 14.3 Å². The standard InChI is InChI=1S/C6H9O3/c1-3-6(7)9-5-4-8-2/h1,3H,4-5H2,2H3. The van der Waals surface area contributed by atoms with E-state index in [9.17, 15) is 4.79 Å². The van der Waals surface area contributed by atoms with Gasteiger partial charge in [-0.25, -0.2) is 4.79 Å². The van der Waals surface area contributed by atoms with Gasteiger partial charge in [-0.15, -0.1) is 0 Å². The number of hydrogen-bond donors (Lipinski definition) is 0. The van der Waals surface area contributed by atoms with Gasteiger partial charge in [0.15, 0.2) is 0 Å². The van der Waals surface area contributed by atoms with Gasteiger partial charge in [0.25, 0.3) is 0 Å². The lowest BCUT2D eigenvalue weighted by Crippen LogP contribution is -2.06. The molecule has 0 aliphatic carbocycles. The third kappa shape index (κ3) is 5.03. The van der Waals surface area contributed by atoms with Crippen LogP contribution in [0.1, 0.15) is 0 Å². The fraction of sp³-hybridized carbons (Fsp3) is 0.500. The summed E-state index contributed by atoms with van der Waals surface area (Å²) in [6, 6.07) is 0. The van der Waals surface area contributed by atoms with Gasteiger partial charge in [-0.2, -0.15) is 0 Å². The van der Waals surface area contributed by atoms with Gasteiger partial charge in [0.05, 0.1) is 6.61 Å². The van der Waals surface area contributed by atoms with Crippen LogP contribution in [0.25, 0.3) is 0 Å². The molecule has 0 saturated heterocycles. The average Bonchev–Trinajstić information content (AvgIpc) is 1.89. The first kappa shape index (κ1) is 8.17. The molecule has 51 valence electrons. The molecular weight excluding hydrogens is 120 g/mol. The number of methoxy groups -OCH3 is 1. The van der Waals surface area contributed by atoms with Gasteiger partial charge in [0, 0.05) is 13.2 Å². The van der Waals surface area contributed by atoms with Gasteiger partial charge in [-0.3, -0.25) is 0 Å². The lowest BCUT2D eigenvalue weighted by atomic mass is 10.6. The van der Waals surface area contributed by atoms with Crippen LogP contribution in [0.2, 0.25) is 0 Å². The van der Waals surface area contributed by atoms with Gasteiger partial charge in [0.1, 0.15) is 6.61 Å². The molecule has 0 N–H and O–H groups in total. The minimum absolute atomic E-state index is 0.253. The molecular formula is C6H9O3. The minimum atomic E-state index is -0.521. The largest absolute Gasteiger partial charge is 0.460 e. The lowest BCUT2D eigenvalue weighted by Gasteiger charge is -1.97. The van der Waals surface area contributed by atoms with E-state index in [4.69, 9.17) is 6.58 Å². The summed E-state index contributed by atoms with van der Waals surface area (Å²) in [7, 11) is 1.53. The Morgan fingerprint density at radius 1 is 1.67 bits per heavy atom. The predicted octanol–water partition coefficient (Wildman–Crippen LogP) is 0.165. The van der Waals surface area contributed by atoms with Crippen molar-refractivity contribution >= 4 is 5.97 Å². The summed E-state index contributed by atoms with van der Waals surface area (Å²) in [4.78, 5) is 10.2. The highest BCUT2D eigenvalue weighted by Crippen LogP contribution is 1.77. The van der Waals surface area contributed by atoms with Crippen molar-refractivity contribution in [3.05, 3.63) is 12.7 Å². The molecule has 0 aliphatic heterocycles. The summed E-state index contributed by atoms with van der Waals surface area (Å²) >= 11 is 0. The molecule has 0 saturated carbocycles. The highest BCUT2D eigenvalue weighted by molar-refractivity contribution is 5.80. The summed E-state index contributed by atoms with van der Waals surface area (Å²) in [5.41, 5.74) is 0. The number of hydrogen-bond acceptors (Lipinski definition) is 3. The van der Waals surface area contributed by atoms with E-state index < -0.39 is 5.97 Å². The second-order valence-electron chi connectivity index (χ2n) is 1.33. The van der Waals surface area contributed by atoms with E-state index in [0.717, 1.165) is 6.08 Å². The van der Waals surface area contributed by atoms with Crippen LogP contribution in [0, 0.1) is 6.58 Å². The first-order valence-electron chi connectivity index (χ1n) is 2.52. The highest BCUT2D eigenvalue weighted by Gasteiger charge is 1.91. The molecule has 0 amide bonds. The Kier molecular flexibility index (Phi) is 4.82. The molecule has 3 nitrogen and oxygen atoms in total. The lowest BCUT2D eigenvalue weighted by molar-refractivity contribution is -0.138. The van der Waals surface area contributed by atoms with E-state index in [0.29, 0.717) is 6.61 Å². The first-order chi connectivity index (χ1) is 4.31. The van der Waals surface area contributed by atoms with Crippen molar-refractivity contribution in [1.29, 1.82) is 0 Å². The van der Waals surface area contributed by atoms with Crippen LogP contribution in [-0.4, -0.2) is 26.3 Å². The minimum Gasteiger partial charge on any atom is -0.460 e. The fourth-order valence-corrected chi connectivity index (χ4v) is 0.274. The molecule has 0 fully saturated rings. The van der Waals surface area contributed by atoms with E-state index >= 15 is 0 Å². The highest BCUT2D eigenvalue weighted by atomic mass is 16.6. The smallest absolute Gasteiger partial charge is 0.330 e. The Morgan fingerprint density at radius 2 is 2.33 bits per heavy atom. The predicted molar refractivity (Wildman–Crippen MR) is 31.7 cm³/mol. The topological polar surface area (TPSA) is 35.5 Å². The van der Waals surface area contributed by atoms with Crippen LogP contribution >= 0.6 is 0 Å². The van der Waals surface area contributed by atoms with Gasteiger partial charge in [-0.05, 0) is 0 Å². The Morgan fingerprint density at radius 3 is 2.78 bits per heavy atom. The van der Waals surface area contributed by atoms with Gasteiger partial charge >= 0.3 is 5.97 Å². The van der Waals surface area contributed by atoms with Crippen molar-refractivity contribution in [1.82, 2.24) is 0 Å².